The topological polar surface area (TPSA) is 63.6 Å². The first-order valence-electron chi connectivity index (χ1n) is 5.77. The Morgan fingerprint density at radius 3 is 2.75 bits per heavy atom. The molecule has 6 heteroatoms. The van der Waals surface area contributed by atoms with E-state index >= 15 is 0 Å². The Labute approximate surface area is 121 Å². The summed E-state index contributed by atoms with van der Waals surface area (Å²) in [4.78, 5) is 15.5. The Balaban J connectivity index is 2.00. The van der Waals surface area contributed by atoms with Gasteiger partial charge < -0.3 is 4.74 Å². The fourth-order valence-corrected chi connectivity index (χ4v) is 1.76. The van der Waals surface area contributed by atoms with Crippen molar-refractivity contribution in [3.8, 4) is 5.75 Å². The first-order chi connectivity index (χ1) is 9.70. The summed E-state index contributed by atoms with van der Waals surface area (Å²) in [5.74, 6) is 0.285. The van der Waals surface area contributed by atoms with Crippen molar-refractivity contribution in [2.24, 2.45) is 5.10 Å². The van der Waals surface area contributed by atoms with Crippen LogP contribution in [0.15, 0.2) is 47.8 Å². The highest BCUT2D eigenvalue weighted by Crippen LogP contribution is 2.24. The average molecular weight is 290 g/mol. The third-order valence-corrected chi connectivity index (χ3v) is 2.79. The molecule has 1 N–H and O–H groups in total. The van der Waals surface area contributed by atoms with Gasteiger partial charge in [-0.05, 0) is 35.9 Å². The first-order valence-corrected chi connectivity index (χ1v) is 6.15. The normalized spacial score (nSPS) is 10.5. The molecule has 0 aliphatic rings. The molecule has 0 fully saturated rings. The average Bonchev–Trinajstić information content (AvgIpc) is 2.48. The number of nitrogens with zero attached hydrogens (tertiary/aromatic N) is 2. The van der Waals surface area contributed by atoms with Crippen LogP contribution in [0.4, 0.5) is 0 Å². The van der Waals surface area contributed by atoms with Crippen LogP contribution in [0.5, 0.6) is 5.75 Å². The summed E-state index contributed by atoms with van der Waals surface area (Å²) < 4.78 is 5.05. The molecule has 0 aliphatic carbocycles. The van der Waals surface area contributed by atoms with Crippen LogP contribution < -0.4 is 10.2 Å². The Bertz CT molecular complexity index is 630. The number of hydrogen-bond donors (Lipinski definition) is 1. The van der Waals surface area contributed by atoms with E-state index in [1.807, 2.05) is 0 Å². The molecule has 20 heavy (non-hydrogen) atoms. The molecule has 0 unspecified atom stereocenters. The molecule has 0 aliphatic heterocycles. The maximum absolute atomic E-state index is 11.7. The number of aromatic nitrogens is 1. The van der Waals surface area contributed by atoms with Crippen LogP contribution in [0, 0.1) is 0 Å². The van der Waals surface area contributed by atoms with E-state index in [0.29, 0.717) is 16.3 Å². The van der Waals surface area contributed by atoms with Crippen LogP contribution in [-0.2, 0) is 0 Å². The van der Waals surface area contributed by atoms with E-state index in [4.69, 9.17) is 16.3 Å². The van der Waals surface area contributed by atoms with E-state index in [0.717, 1.165) is 5.56 Å². The Morgan fingerprint density at radius 2 is 2.10 bits per heavy atom. The summed E-state index contributed by atoms with van der Waals surface area (Å²) in [6.45, 7) is 0. The minimum Gasteiger partial charge on any atom is -0.495 e. The van der Waals surface area contributed by atoms with E-state index in [2.05, 4.69) is 15.5 Å². The van der Waals surface area contributed by atoms with Gasteiger partial charge in [0.1, 0.15) is 5.75 Å². The maximum Gasteiger partial charge on any atom is 0.271 e. The molecule has 0 bridgehead atoms. The van der Waals surface area contributed by atoms with Gasteiger partial charge in [0.25, 0.3) is 5.91 Å². The number of ether oxygens (including phenoxy) is 1. The van der Waals surface area contributed by atoms with Crippen LogP contribution in [-0.4, -0.2) is 24.2 Å². The lowest BCUT2D eigenvalue weighted by Gasteiger charge is -2.03. The van der Waals surface area contributed by atoms with Gasteiger partial charge in [-0.2, -0.15) is 5.10 Å². The second-order valence-electron chi connectivity index (χ2n) is 3.83. The third kappa shape index (κ3) is 3.55. The predicted octanol–water partition coefficient (Wildman–Crippen LogP) is 2.51. The molecule has 0 radical (unpaired) electrons. The third-order valence-electron chi connectivity index (χ3n) is 2.50. The van der Waals surface area contributed by atoms with Crippen molar-refractivity contribution < 1.29 is 9.53 Å². The summed E-state index contributed by atoms with van der Waals surface area (Å²) in [5, 5.41) is 4.35. The monoisotopic (exact) mass is 289 g/mol. The van der Waals surface area contributed by atoms with Gasteiger partial charge in [0, 0.05) is 18.0 Å². The number of methoxy groups -OCH3 is 1. The minimum atomic E-state index is -0.303. The summed E-state index contributed by atoms with van der Waals surface area (Å²) in [6, 6.07) is 8.42. The number of halogens is 1. The Hall–Kier alpha value is -2.40. The maximum atomic E-state index is 11.7. The molecule has 1 amide bonds. The molecular formula is C14H12ClN3O2. The standard InChI is InChI=1S/C14H12ClN3O2/c1-20-13-3-2-10(8-12(13)15)9-17-18-14(19)11-4-6-16-7-5-11/h2-9H,1H3,(H,18,19)/b17-9-. The van der Waals surface area contributed by atoms with Gasteiger partial charge in [-0.15, -0.1) is 0 Å². The van der Waals surface area contributed by atoms with Gasteiger partial charge in [0.2, 0.25) is 0 Å². The van der Waals surface area contributed by atoms with Crippen molar-refractivity contribution in [2.75, 3.05) is 7.11 Å². The number of hydrogen-bond acceptors (Lipinski definition) is 4. The zero-order valence-electron chi connectivity index (χ0n) is 10.7. The SMILES string of the molecule is COc1ccc(/C=N\NC(=O)c2ccncc2)cc1Cl. The summed E-state index contributed by atoms with van der Waals surface area (Å²) in [6.07, 6.45) is 4.59. The molecule has 5 nitrogen and oxygen atoms in total. The molecular weight excluding hydrogens is 278 g/mol. The lowest BCUT2D eigenvalue weighted by molar-refractivity contribution is 0.0955. The zero-order chi connectivity index (χ0) is 14.4. The molecule has 2 rings (SSSR count). The lowest BCUT2D eigenvalue weighted by Crippen LogP contribution is -2.17. The van der Waals surface area contributed by atoms with E-state index < -0.39 is 0 Å². The number of rotatable bonds is 4. The number of benzene rings is 1. The molecule has 2 aromatic rings. The highest BCUT2D eigenvalue weighted by molar-refractivity contribution is 6.32. The second kappa shape index (κ2) is 6.68. The number of pyridine rings is 1. The number of carbonyl (C=O) groups is 1. The van der Waals surface area contributed by atoms with Crippen LogP contribution in [0.3, 0.4) is 0 Å². The molecule has 0 saturated carbocycles. The number of hydrazone groups is 1. The number of nitrogens with one attached hydrogen (secondary N) is 1. The Morgan fingerprint density at radius 1 is 1.35 bits per heavy atom. The summed E-state index contributed by atoms with van der Waals surface area (Å²) >= 11 is 5.99. The van der Waals surface area contributed by atoms with Gasteiger partial charge in [-0.3, -0.25) is 9.78 Å². The quantitative estimate of drug-likeness (QED) is 0.695. The van der Waals surface area contributed by atoms with Crippen LogP contribution in [0.25, 0.3) is 0 Å². The molecule has 1 heterocycles. The Kier molecular flexibility index (Phi) is 4.68. The summed E-state index contributed by atoms with van der Waals surface area (Å²) in [5.41, 5.74) is 3.67. The van der Waals surface area contributed by atoms with E-state index in [1.165, 1.54) is 6.21 Å². The molecule has 0 atom stereocenters. The highest BCUT2D eigenvalue weighted by Gasteiger charge is 2.03. The molecule has 1 aromatic carbocycles. The molecule has 1 aromatic heterocycles. The van der Waals surface area contributed by atoms with Crippen molar-refractivity contribution in [2.45, 2.75) is 0 Å². The number of amides is 1. The van der Waals surface area contributed by atoms with Crippen LogP contribution in [0.1, 0.15) is 15.9 Å². The lowest BCUT2D eigenvalue weighted by atomic mass is 10.2. The van der Waals surface area contributed by atoms with Crippen LogP contribution >= 0.6 is 11.6 Å². The predicted molar refractivity (Wildman–Crippen MR) is 77.3 cm³/mol. The van der Waals surface area contributed by atoms with Crippen molar-refractivity contribution in [3.05, 3.63) is 58.9 Å². The van der Waals surface area contributed by atoms with Crippen molar-refractivity contribution >= 4 is 23.7 Å². The van der Waals surface area contributed by atoms with Gasteiger partial charge in [-0.1, -0.05) is 11.6 Å². The smallest absolute Gasteiger partial charge is 0.271 e. The van der Waals surface area contributed by atoms with Gasteiger partial charge in [0.15, 0.2) is 0 Å². The molecule has 0 saturated heterocycles. The van der Waals surface area contributed by atoms with Gasteiger partial charge in [0.05, 0.1) is 18.3 Å². The van der Waals surface area contributed by atoms with Gasteiger partial charge >= 0.3 is 0 Å². The molecule has 102 valence electrons. The first kappa shape index (κ1) is 14.0. The highest BCUT2D eigenvalue weighted by atomic mass is 35.5. The minimum absolute atomic E-state index is 0.303. The van der Waals surface area contributed by atoms with Crippen molar-refractivity contribution in [1.29, 1.82) is 0 Å². The van der Waals surface area contributed by atoms with E-state index in [-0.39, 0.29) is 5.91 Å². The van der Waals surface area contributed by atoms with Crippen LogP contribution in [0.2, 0.25) is 5.02 Å². The number of carbonyl (C=O) groups excluding carboxylic acids is 1. The van der Waals surface area contributed by atoms with Gasteiger partial charge in [-0.25, -0.2) is 5.43 Å². The van der Waals surface area contributed by atoms with E-state index in [9.17, 15) is 4.79 Å². The fourth-order valence-electron chi connectivity index (χ4n) is 1.50. The van der Waals surface area contributed by atoms with Crippen molar-refractivity contribution in [1.82, 2.24) is 10.4 Å². The second-order valence-corrected chi connectivity index (χ2v) is 4.24. The molecule has 0 spiro atoms. The summed E-state index contributed by atoms with van der Waals surface area (Å²) in [7, 11) is 1.55. The fraction of sp³-hybridized carbons (Fsp3) is 0.0714. The van der Waals surface area contributed by atoms with Crippen molar-refractivity contribution in [3.63, 3.8) is 0 Å². The largest absolute Gasteiger partial charge is 0.495 e. The van der Waals surface area contributed by atoms with E-state index in [1.54, 1.807) is 49.8 Å². The zero-order valence-corrected chi connectivity index (χ0v) is 11.5.